The van der Waals surface area contributed by atoms with Gasteiger partial charge in [0, 0.05) is 17.5 Å². The summed E-state index contributed by atoms with van der Waals surface area (Å²) < 4.78 is 19.9. The molecule has 3 aromatic rings. The van der Waals surface area contributed by atoms with Crippen molar-refractivity contribution in [1.82, 2.24) is 19.9 Å². The lowest BCUT2D eigenvalue weighted by atomic mass is 9.86. The summed E-state index contributed by atoms with van der Waals surface area (Å²) in [5, 5.41) is 13.4. The van der Waals surface area contributed by atoms with Crippen molar-refractivity contribution < 1.29 is 14.2 Å². The Hall–Kier alpha value is -3.49. The normalized spacial score (nSPS) is 25.6. The number of aromatic nitrogens is 4. The zero-order valence-corrected chi connectivity index (χ0v) is 18.4. The first-order valence-corrected chi connectivity index (χ1v) is 11.0. The van der Waals surface area contributed by atoms with Gasteiger partial charge in [0.1, 0.15) is 24.2 Å². The molecule has 0 unspecified atom stereocenters. The highest BCUT2D eigenvalue weighted by Gasteiger charge is 2.66. The Morgan fingerprint density at radius 3 is 2.97 bits per heavy atom. The van der Waals surface area contributed by atoms with E-state index in [1.807, 2.05) is 6.92 Å². The fraction of sp³-hybridized carbons (Fsp3) is 0.318. The van der Waals surface area contributed by atoms with Gasteiger partial charge in [-0.2, -0.15) is 4.39 Å². The molecule has 1 aliphatic carbocycles. The van der Waals surface area contributed by atoms with Crippen LogP contribution in [0.15, 0.2) is 35.8 Å². The number of nitrogens with zero attached hydrogens (tertiary/aromatic N) is 5. The van der Waals surface area contributed by atoms with Gasteiger partial charge in [-0.25, -0.2) is 19.9 Å². The van der Waals surface area contributed by atoms with Gasteiger partial charge in [-0.05, 0) is 19.4 Å². The largest absolute Gasteiger partial charge is 0.479 e. The quantitative estimate of drug-likeness (QED) is 0.371. The van der Waals surface area contributed by atoms with Gasteiger partial charge in [0.15, 0.2) is 11.0 Å². The first-order valence-electron chi connectivity index (χ1n) is 10.1. The van der Waals surface area contributed by atoms with Crippen LogP contribution < -0.4 is 15.8 Å². The molecular weight excluding hydrogens is 445 g/mol. The number of pyridine rings is 2. The molecule has 33 heavy (non-hydrogen) atoms. The number of thioether (sulfide) groups is 1. The van der Waals surface area contributed by atoms with Crippen molar-refractivity contribution in [3.63, 3.8) is 0 Å². The van der Waals surface area contributed by atoms with Crippen LogP contribution in [0.4, 0.5) is 15.9 Å². The fourth-order valence-electron chi connectivity index (χ4n) is 4.33. The molecule has 0 saturated heterocycles. The lowest BCUT2D eigenvalue weighted by Crippen LogP contribution is -2.37. The number of nitrogens with one attached hydrogen (secondary N) is 1. The number of rotatable bonds is 6. The molecule has 9 nitrogen and oxygen atoms in total. The van der Waals surface area contributed by atoms with Gasteiger partial charge in [0.25, 0.3) is 0 Å². The number of ether oxygens (including phenoxy) is 1. The number of hydrogen-bond donors (Lipinski definition) is 3. The maximum Gasteiger partial charge on any atom is 0.218 e. The van der Waals surface area contributed by atoms with Crippen LogP contribution in [0.2, 0.25) is 0 Å². The van der Waals surface area contributed by atoms with E-state index >= 15 is 0 Å². The van der Waals surface area contributed by atoms with Gasteiger partial charge in [0.2, 0.25) is 5.95 Å². The van der Waals surface area contributed by atoms with Crippen molar-refractivity contribution in [3.05, 3.63) is 42.4 Å². The third-order valence-electron chi connectivity index (χ3n) is 6.04. The Morgan fingerprint density at radius 2 is 2.18 bits per heavy atom. The summed E-state index contributed by atoms with van der Waals surface area (Å²) in [7, 11) is 0. The second-order valence-corrected chi connectivity index (χ2v) is 9.56. The van der Waals surface area contributed by atoms with Crippen LogP contribution in [0.5, 0.6) is 5.75 Å². The average molecular weight is 466 g/mol. The van der Waals surface area contributed by atoms with E-state index in [2.05, 4.69) is 36.2 Å². The molecule has 5 rings (SSSR count). The van der Waals surface area contributed by atoms with E-state index in [1.165, 1.54) is 30.5 Å². The van der Waals surface area contributed by atoms with Crippen molar-refractivity contribution in [3.8, 4) is 18.1 Å². The lowest BCUT2D eigenvalue weighted by molar-refractivity contribution is 0.265. The Bertz CT molecular complexity index is 1330. The topological polar surface area (TPSA) is 131 Å². The Labute approximate surface area is 193 Å². The molecule has 0 spiro atoms. The highest BCUT2D eigenvalue weighted by Crippen LogP contribution is 2.65. The first-order chi connectivity index (χ1) is 15.9. The number of aliphatic hydroxyl groups excluding tert-OH is 1. The number of halogens is 1. The zero-order chi connectivity index (χ0) is 23.2. The van der Waals surface area contributed by atoms with Gasteiger partial charge in [0.05, 0.1) is 40.5 Å². The zero-order valence-electron chi connectivity index (χ0n) is 17.6. The molecule has 11 heteroatoms. The molecule has 3 aromatic heterocycles. The van der Waals surface area contributed by atoms with Gasteiger partial charge in [-0.15, -0.1) is 6.42 Å². The molecule has 0 radical (unpaired) electrons. The molecule has 1 aliphatic heterocycles. The summed E-state index contributed by atoms with van der Waals surface area (Å²) in [6.45, 7) is 1.90. The summed E-state index contributed by atoms with van der Waals surface area (Å²) in [6.07, 6.45) is 10.2. The van der Waals surface area contributed by atoms with Gasteiger partial charge in [-0.3, -0.25) is 4.99 Å². The molecule has 4 N–H and O–H groups in total. The highest BCUT2D eigenvalue weighted by atomic mass is 32.2. The number of fused-ring (bicyclic) bond motifs is 2. The van der Waals surface area contributed by atoms with Crippen LogP contribution >= 0.6 is 11.8 Å². The molecule has 0 aromatic carbocycles. The average Bonchev–Trinajstić information content (AvgIpc) is 3.55. The first kappa shape index (κ1) is 21.4. The summed E-state index contributed by atoms with van der Waals surface area (Å²) >= 11 is 1.35. The molecule has 4 heterocycles. The lowest BCUT2D eigenvalue weighted by Gasteiger charge is -2.33. The highest BCUT2D eigenvalue weighted by molar-refractivity contribution is 8.15. The minimum absolute atomic E-state index is 0.0488. The van der Waals surface area contributed by atoms with Crippen molar-refractivity contribution in [2.75, 3.05) is 18.5 Å². The number of anilines is 2. The van der Waals surface area contributed by atoms with E-state index in [-0.39, 0.29) is 19.1 Å². The van der Waals surface area contributed by atoms with E-state index in [9.17, 15) is 9.50 Å². The number of amidine groups is 1. The molecule has 3 atom stereocenters. The number of terminal acetylenes is 1. The predicted molar refractivity (Wildman–Crippen MR) is 124 cm³/mol. The molecule has 0 amide bonds. The maximum absolute atomic E-state index is 14.9. The third kappa shape index (κ3) is 3.61. The van der Waals surface area contributed by atoms with Crippen LogP contribution in [0.3, 0.4) is 0 Å². The van der Waals surface area contributed by atoms with Crippen LogP contribution in [0, 0.1) is 24.2 Å². The minimum atomic E-state index is -0.942. The van der Waals surface area contributed by atoms with Gasteiger partial charge in [-0.1, -0.05) is 17.7 Å². The van der Waals surface area contributed by atoms with Crippen molar-refractivity contribution in [1.29, 1.82) is 0 Å². The van der Waals surface area contributed by atoms with Crippen LogP contribution in [0.1, 0.15) is 18.9 Å². The minimum Gasteiger partial charge on any atom is -0.479 e. The summed E-state index contributed by atoms with van der Waals surface area (Å²) in [4.78, 5) is 21.4. The second-order valence-electron chi connectivity index (χ2n) is 8.12. The monoisotopic (exact) mass is 465 g/mol. The summed E-state index contributed by atoms with van der Waals surface area (Å²) in [6, 6.07) is 3.36. The molecule has 1 fully saturated rings. The van der Waals surface area contributed by atoms with E-state index in [4.69, 9.17) is 16.9 Å². The SMILES string of the molecule is C#CCOc1cnc2c(Nc3cnc(F)c([C@@]4(C)N=C(N)S[C@]5(CO)C[C@H]54)c3)ncnc2c1. The Balaban J connectivity index is 1.49. The van der Waals surface area contributed by atoms with Gasteiger partial charge < -0.3 is 20.9 Å². The molecule has 1 saturated carbocycles. The smallest absolute Gasteiger partial charge is 0.218 e. The van der Waals surface area contributed by atoms with Gasteiger partial charge >= 0.3 is 0 Å². The number of aliphatic hydroxyl groups is 1. The molecule has 168 valence electrons. The van der Waals surface area contributed by atoms with Crippen LogP contribution in [0.25, 0.3) is 11.0 Å². The van der Waals surface area contributed by atoms with Crippen molar-refractivity contribution in [2.24, 2.45) is 16.6 Å². The predicted octanol–water partition coefficient (Wildman–Crippen LogP) is 2.34. The van der Waals surface area contributed by atoms with E-state index in [0.29, 0.717) is 45.4 Å². The number of hydrogen-bond acceptors (Lipinski definition) is 10. The Morgan fingerprint density at radius 1 is 1.33 bits per heavy atom. The maximum atomic E-state index is 14.9. The van der Waals surface area contributed by atoms with E-state index in [0.717, 1.165) is 0 Å². The molecule has 0 bridgehead atoms. The Kier molecular flexibility index (Phi) is 5.07. The van der Waals surface area contributed by atoms with Crippen molar-refractivity contribution >= 4 is 39.5 Å². The fourth-order valence-corrected chi connectivity index (χ4v) is 5.67. The van der Waals surface area contributed by atoms with E-state index in [1.54, 1.807) is 12.1 Å². The summed E-state index contributed by atoms with van der Waals surface area (Å²) in [5.41, 5.74) is 6.95. The molecular formula is C22H20FN7O2S. The number of aliphatic imine (C=N–C) groups is 1. The summed E-state index contributed by atoms with van der Waals surface area (Å²) in [5.74, 6) is 2.63. The standard InChI is InChI=1S/C22H20FN7O2S/c1-3-4-32-13-6-15-17(25-9-13)19(28-11-27-15)29-12-5-14(18(23)26-8-12)21(2)16-7-22(16,10-31)33-20(24)30-21/h1,5-6,8-9,11,16,31H,4,7,10H2,2H3,(H2,24,30)(H,27,28,29)/t16-,21+,22-/m0/s1. The third-order valence-corrected chi connectivity index (χ3v) is 7.33. The van der Waals surface area contributed by atoms with Crippen LogP contribution in [-0.4, -0.2) is 48.2 Å². The number of nitrogens with two attached hydrogens (primary N) is 1. The van der Waals surface area contributed by atoms with Crippen molar-refractivity contribution in [2.45, 2.75) is 23.6 Å². The van der Waals surface area contributed by atoms with E-state index < -0.39 is 16.2 Å². The molecule has 2 aliphatic rings. The van der Waals surface area contributed by atoms with Crippen LogP contribution in [-0.2, 0) is 5.54 Å². The second kappa shape index (κ2) is 7.83.